The maximum Gasteiger partial charge on any atom is 0.135 e. The van der Waals surface area contributed by atoms with Crippen molar-refractivity contribution in [2.45, 2.75) is 13.0 Å². The van der Waals surface area contributed by atoms with Crippen molar-refractivity contribution < 1.29 is 0 Å². The molecule has 0 fully saturated rings. The normalized spacial score (nSPS) is 13.0. The van der Waals surface area contributed by atoms with Gasteiger partial charge in [0.2, 0.25) is 0 Å². The first kappa shape index (κ1) is 8.30. The van der Waals surface area contributed by atoms with Crippen molar-refractivity contribution in [2.24, 2.45) is 5.73 Å². The third-order valence-electron chi connectivity index (χ3n) is 1.43. The molecule has 1 atom stereocenters. The molecule has 0 bridgehead atoms. The first-order valence-electron chi connectivity index (χ1n) is 3.28. The van der Waals surface area contributed by atoms with E-state index in [1.54, 1.807) is 12.3 Å². The van der Waals surface area contributed by atoms with Gasteiger partial charge in [-0.1, -0.05) is 11.6 Å². The minimum Gasteiger partial charge on any atom is -0.398 e. The first-order chi connectivity index (χ1) is 5.13. The van der Waals surface area contributed by atoms with Gasteiger partial charge in [-0.15, -0.1) is 0 Å². The lowest BCUT2D eigenvalue weighted by Crippen LogP contribution is -2.09. The number of nitrogen functional groups attached to an aromatic ring is 1. The monoisotopic (exact) mass is 171 g/mol. The lowest BCUT2D eigenvalue weighted by molar-refractivity contribution is 0.815. The smallest absolute Gasteiger partial charge is 0.135 e. The van der Waals surface area contributed by atoms with Gasteiger partial charge in [-0.05, 0) is 13.0 Å². The third kappa shape index (κ3) is 1.61. The molecule has 0 radical (unpaired) electrons. The van der Waals surface area contributed by atoms with Gasteiger partial charge in [0.15, 0.2) is 0 Å². The van der Waals surface area contributed by atoms with Gasteiger partial charge in [-0.3, -0.25) is 0 Å². The molecule has 0 aliphatic rings. The number of hydrogen-bond acceptors (Lipinski definition) is 3. The molecule has 0 aromatic carbocycles. The zero-order valence-corrected chi connectivity index (χ0v) is 6.97. The Morgan fingerprint density at radius 3 is 2.64 bits per heavy atom. The van der Waals surface area contributed by atoms with Crippen LogP contribution in [-0.4, -0.2) is 4.98 Å². The lowest BCUT2D eigenvalue weighted by Gasteiger charge is -2.09. The summed E-state index contributed by atoms with van der Waals surface area (Å²) >= 11 is 5.75. The second kappa shape index (κ2) is 3.07. The molecule has 1 rings (SSSR count). The molecule has 0 spiro atoms. The molecule has 0 unspecified atom stereocenters. The molecule has 1 heterocycles. The third-order valence-corrected chi connectivity index (χ3v) is 1.73. The van der Waals surface area contributed by atoms with Crippen LogP contribution in [0.4, 0.5) is 5.69 Å². The molecule has 3 nitrogen and oxygen atoms in total. The Morgan fingerprint density at radius 2 is 2.27 bits per heavy atom. The number of rotatable bonds is 1. The van der Waals surface area contributed by atoms with Gasteiger partial charge in [-0.2, -0.15) is 0 Å². The highest BCUT2D eigenvalue weighted by atomic mass is 35.5. The van der Waals surface area contributed by atoms with Gasteiger partial charge in [0.1, 0.15) is 5.15 Å². The van der Waals surface area contributed by atoms with Crippen LogP contribution < -0.4 is 11.5 Å². The molecule has 60 valence electrons. The highest BCUT2D eigenvalue weighted by Crippen LogP contribution is 2.24. The number of nitrogens with two attached hydrogens (primary N) is 2. The molecule has 11 heavy (non-hydrogen) atoms. The molecule has 0 saturated heterocycles. The summed E-state index contributed by atoms with van der Waals surface area (Å²) in [5.41, 5.74) is 12.5. The molecular formula is C7H10ClN3. The second-order valence-electron chi connectivity index (χ2n) is 2.39. The van der Waals surface area contributed by atoms with Crippen LogP contribution in [0.15, 0.2) is 12.3 Å². The average Bonchev–Trinajstić information content (AvgIpc) is 1.85. The van der Waals surface area contributed by atoms with E-state index in [-0.39, 0.29) is 6.04 Å². The molecule has 4 heteroatoms. The predicted octanol–water partition coefficient (Wildman–Crippen LogP) is 1.34. The molecule has 4 N–H and O–H groups in total. The Kier molecular flexibility index (Phi) is 2.31. The van der Waals surface area contributed by atoms with Crippen LogP contribution in [0.5, 0.6) is 0 Å². The summed E-state index contributed by atoms with van der Waals surface area (Å²) in [5, 5.41) is 0.389. The van der Waals surface area contributed by atoms with Crippen molar-refractivity contribution in [1.29, 1.82) is 0 Å². The van der Waals surface area contributed by atoms with Crippen molar-refractivity contribution in [3.05, 3.63) is 23.0 Å². The summed E-state index contributed by atoms with van der Waals surface area (Å²) in [5.74, 6) is 0. The van der Waals surface area contributed by atoms with Crippen LogP contribution in [-0.2, 0) is 0 Å². The van der Waals surface area contributed by atoms with Gasteiger partial charge < -0.3 is 11.5 Å². The molecule has 0 saturated carbocycles. The number of hydrogen-bond donors (Lipinski definition) is 2. The SMILES string of the molecule is C[C@H](N)c1c(N)ccnc1Cl. The van der Waals surface area contributed by atoms with E-state index in [1.165, 1.54) is 0 Å². The maximum atomic E-state index is 5.75. The van der Waals surface area contributed by atoms with Crippen LogP contribution in [0.25, 0.3) is 0 Å². The summed E-state index contributed by atoms with van der Waals surface area (Å²) in [6.45, 7) is 1.82. The van der Waals surface area contributed by atoms with Gasteiger partial charge in [0, 0.05) is 23.5 Å². The Morgan fingerprint density at radius 1 is 1.64 bits per heavy atom. The first-order valence-corrected chi connectivity index (χ1v) is 3.66. The maximum absolute atomic E-state index is 5.75. The van der Waals surface area contributed by atoms with E-state index in [4.69, 9.17) is 23.1 Å². The Bertz CT molecular complexity index is 240. The molecule has 0 amide bonds. The van der Waals surface area contributed by atoms with E-state index in [1.807, 2.05) is 6.92 Å². The van der Waals surface area contributed by atoms with Crippen LogP contribution in [0, 0.1) is 0 Å². The van der Waals surface area contributed by atoms with Gasteiger partial charge in [-0.25, -0.2) is 4.98 Å². The van der Waals surface area contributed by atoms with Crippen LogP contribution in [0.2, 0.25) is 5.15 Å². The minimum atomic E-state index is -0.170. The molecule has 1 aromatic heterocycles. The van der Waals surface area contributed by atoms with Crippen molar-refractivity contribution in [1.82, 2.24) is 4.98 Å². The Labute approximate surface area is 70.4 Å². The van der Waals surface area contributed by atoms with Crippen molar-refractivity contribution in [3.63, 3.8) is 0 Å². The number of anilines is 1. The summed E-state index contributed by atoms with van der Waals surface area (Å²) < 4.78 is 0. The van der Waals surface area contributed by atoms with E-state index < -0.39 is 0 Å². The van der Waals surface area contributed by atoms with E-state index in [9.17, 15) is 0 Å². The Hall–Kier alpha value is -0.800. The van der Waals surface area contributed by atoms with Gasteiger partial charge in [0.25, 0.3) is 0 Å². The van der Waals surface area contributed by atoms with Gasteiger partial charge >= 0.3 is 0 Å². The quantitative estimate of drug-likeness (QED) is 0.627. The minimum absolute atomic E-state index is 0.170. The van der Waals surface area contributed by atoms with Crippen molar-refractivity contribution in [3.8, 4) is 0 Å². The summed E-state index contributed by atoms with van der Waals surface area (Å²) in [6, 6.07) is 1.51. The molecule has 1 aromatic rings. The molecule has 0 aliphatic carbocycles. The summed E-state index contributed by atoms with van der Waals surface area (Å²) in [7, 11) is 0. The fourth-order valence-electron chi connectivity index (χ4n) is 0.912. The summed E-state index contributed by atoms with van der Waals surface area (Å²) in [6.07, 6.45) is 1.56. The highest BCUT2D eigenvalue weighted by Gasteiger charge is 2.08. The van der Waals surface area contributed by atoms with Crippen LogP contribution in [0.1, 0.15) is 18.5 Å². The molecule has 0 aliphatic heterocycles. The number of aromatic nitrogens is 1. The topological polar surface area (TPSA) is 64.9 Å². The number of halogens is 1. The second-order valence-corrected chi connectivity index (χ2v) is 2.75. The Balaban J connectivity index is 3.21. The molecular weight excluding hydrogens is 162 g/mol. The average molecular weight is 172 g/mol. The van der Waals surface area contributed by atoms with E-state index >= 15 is 0 Å². The standard InChI is InChI=1S/C7H10ClN3/c1-4(9)6-5(10)2-3-11-7(6)8/h2-4H,9H2,1H3,(H2,10,11)/t4-/m0/s1. The van der Waals surface area contributed by atoms with E-state index in [0.29, 0.717) is 16.4 Å². The highest BCUT2D eigenvalue weighted by molar-refractivity contribution is 6.30. The number of nitrogens with zero attached hydrogens (tertiary/aromatic N) is 1. The zero-order chi connectivity index (χ0) is 8.43. The van der Waals surface area contributed by atoms with Crippen molar-refractivity contribution in [2.75, 3.05) is 5.73 Å². The largest absolute Gasteiger partial charge is 0.398 e. The van der Waals surface area contributed by atoms with Crippen LogP contribution in [0.3, 0.4) is 0 Å². The van der Waals surface area contributed by atoms with Gasteiger partial charge in [0.05, 0.1) is 0 Å². The predicted molar refractivity (Wildman–Crippen MR) is 46.3 cm³/mol. The van der Waals surface area contributed by atoms with E-state index in [0.717, 1.165) is 0 Å². The van der Waals surface area contributed by atoms with Crippen LogP contribution >= 0.6 is 11.6 Å². The van der Waals surface area contributed by atoms with E-state index in [2.05, 4.69) is 4.98 Å². The fourth-order valence-corrected chi connectivity index (χ4v) is 1.25. The number of pyridine rings is 1. The fraction of sp³-hybridized carbons (Fsp3) is 0.286. The lowest BCUT2D eigenvalue weighted by atomic mass is 10.1. The zero-order valence-electron chi connectivity index (χ0n) is 6.21. The van der Waals surface area contributed by atoms with Crippen molar-refractivity contribution >= 4 is 17.3 Å². The summed E-state index contributed by atoms with van der Waals surface area (Å²) in [4.78, 5) is 3.87.